The summed E-state index contributed by atoms with van der Waals surface area (Å²) in [7, 11) is 3.51. The number of carbonyl (C=O) groups is 1. The number of ether oxygens (including phenoxy) is 3. The van der Waals surface area contributed by atoms with Crippen molar-refractivity contribution in [2.24, 2.45) is 0 Å². The fourth-order valence-corrected chi connectivity index (χ4v) is 4.94. The first-order chi connectivity index (χ1) is 16.2. The van der Waals surface area contributed by atoms with E-state index in [1.807, 2.05) is 11.4 Å². The van der Waals surface area contributed by atoms with Crippen LogP contribution in [0.5, 0.6) is 17.2 Å². The molecule has 0 saturated carbocycles. The van der Waals surface area contributed by atoms with Gasteiger partial charge in [-0.15, -0.1) is 11.3 Å². The van der Waals surface area contributed by atoms with Crippen LogP contribution < -0.4 is 24.8 Å². The standard InChI is InChI=1S/C22H26N4O6S2/c1-23-22-25-17(13-33-22)14-6-8-18(30-3)16(10-14)24-21(27)12-26(2)34(28,29)15-7-9-19(31-4)20(11-15)32-5/h6-11,13H,12H2,1-5H3,(H,23,25)(H,24,27). The summed E-state index contributed by atoms with van der Waals surface area (Å²) in [6.07, 6.45) is 0. The van der Waals surface area contributed by atoms with Gasteiger partial charge < -0.3 is 24.8 Å². The number of hydrogen-bond donors (Lipinski definition) is 2. The molecule has 2 aromatic carbocycles. The van der Waals surface area contributed by atoms with E-state index in [9.17, 15) is 13.2 Å². The molecular weight excluding hydrogens is 480 g/mol. The average molecular weight is 507 g/mol. The Morgan fingerprint density at radius 1 is 1.03 bits per heavy atom. The van der Waals surface area contributed by atoms with Crippen LogP contribution in [-0.4, -0.2) is 65.6 Å². The maximum absolute atomic E-state index is 13.0. The highest BCUT2D eigenvalue weighted by Crippen LogP contribution is 2.33. The lowest BCUT2D eigenvalue weighted by molar-refractivity contribution is -0.116. The summed E-state index contributed by atoms with van der Waals surface area (Å²) < 4.78 is 42.6. The molecule has 0 radical (unpaired) electrons. The molecule has 0 saturated heterocycles. The molecule has 0 bridgehead atoms. The molecule has 0 unspecified atom stereocenters. The number of hydrogen-bond acceptors (Lipinski definition) is 9. The topological polar surface area (TPSA) is 119 Å². The van der Waals surface area contributed by atoms with Crippen LogP contribution in [0, 0.1) is 0 Å². The summed E-state index contributed by atoms with van der Waals surface area (Å²) in [6, 6.07) is 9.51. The molecule has 0 spiro atoms. The molecule has 0 aliphatic rings. The van der Waals surface area contributed by atoms with Gasteiger partial charge in [-0.3, -0.25) is 4.79 Å². The van der Waals surface area contributed by atoms with Crippen molar-refractivity contribution in [2.45, 2.75) is 4.90 Å². The van der Waals surface area contributed by atoms with Gasteiger partial charge in [-0.2, -0.15) is 4.31 Å². The fraction of sp³-hybridized carbons (Fsp3) is 0.273. The van der Waals surface area contributed by atoms with Crippen LogP contribution >= 0.6 is 11.3 Å². The minimum atomic E-state index is -3.96. The number of aromatic nitrogens is 1. The molecule has 1 amide bonds. The number of nitrogens with one attached hydrogen (secondary N) is 2. The predicted molar refractivity (Wildman–Crippen MR) is 132 cm³/mol. The van der Waals surface area contributed by atoms with E-state index in [0.29, 0.717) is 17.2 Å². The molecule has 1 aromatic heterocycles. The van der Waals surface area contributed by atoms with E-state index >= 15 is 0 Å². The molecule has 1 heterocycles. The molecule has 182 valence electrons. The van der Waals surface area contributed by atoms with Crippen LogP contribution in [0.1, 0.15) is 0 Å². The number of carbonyl (C=O) groups excluding carboxylic acids is 1. The molecule has 34 heavy (non-hydrogen) atoms. The number of nitrogens with zero attached hydrogens (tertiary/aromatic N) is 2. The van der Waals surface area contributed by atoms with Crippen molar-refractivity contribution in [2.75, 3.05) is 52.6 Å². The second kappa shape index (κ2) is 10.7. The van der Waals surface area contributed by atoms with Crippen molar-refractivity contribution in [3.8, 4) is 28.5 Å². The van der Waals surface area contributed by atoms with Crippen molar-refractivity contribution in [3.63, 3.8) is 0 Å². The molecule has 3 rings (SSSR count). The summed E-state index contributed by atoms with van der Waals surface area (Å²) >= 11 is 1.46. The minimum Gasteiger partial charge on any atom is -0.495 e. The quantitative estimate of drug-likeness (QED) is 0.431. The van der Waals surface area contributed by atoms with Crippen LogP contribution in [-0.2, 0) is 14.8 Å². The van der Waals surface area contributed by atoms with Gasteiger partial charge in [0.1, 0.15) is 5.75 Å². The van der Waals surface area contributed by atoms with Gasteiger partial charge in [-0.05, 0) is 30.3 Å². The Morgan fingerprint density at radius 2 is 1.71 bits per heavy atom. The Balaban J connectivity index is 1.78. The number of methoxy groups -OCH3 is 3. The summed E-state index contributed by atoms with van der Waals surface area (Å²) in [5.41, 5.74) is 1.92. The van der Waals surface area contributed by atoms with Crippen LogP contribution in [0.4, 0.5) is 10.8 Å². The molecule has 12 heteroatoms. The number of likely N-dealkylation sites (N-methyl/N-ethyl adjacent to an activating group) is 1. The highest BCUT2D eigenvalue weighted by molar-refractivity contribution is 7.89. The SMILES string of the molecule is CNc1nc(-c2ccc(OC)c(NC(=O)CN(C)S(=O)(=O)c3ccc(OC)c(OC)c3)c2)cs1. The average Bonchev–Trinajstić information content (AvgIpc) is 3.32. The second-order valence-electron chi connectivity index (χ2n) is 7.03. The Labute approximate surface area is 202 Å². The summed E-state index contributed by atoms with van der Waals surface area (Å²) in [5, 5.41) is 8.37. The number of anilines is 2. The highest BCUT2D eigenvalue weighted by Gasteiger charge is 2.25. The first kappa shape index (κ1) is 25.3. The van der Waals surface area contributed by atoms with Crippen molar-refractivity contribution < 1.29 is 27.4 Å². The van der Waals surface area contributed by atoms with Crippen molar-refractivity contribution in [1.82, 2.24) is 9.29 Å². The molecule has 2 N–H and O–H groups in total. The van der Waals surface area contributed by atoms with E-state index in [2.05, 4.69) is 15.6 Å². The summed E-state index contributed by atoms with van der Waals surface area (Å²) in [5.74, 6) is 0.574. The van der Waals surface area contributed by atoms with Gasteiger partial charge in [0.2, 0.25) is 15.9 Å². The molecule has 10 nitrogen and oxygen atoms in total. The highest BCUT2D eigenvalue weighted by atomic mass is 32.2. The molecule has 0 atom stereocenters. The van der Waals surface area contributed by atoms with E-state index < -0.39 is 22.5 Å². The van der Waals surface area contributed by atoms with Gasteiger partial charge in [0.05, 0.1) is 44.2 Å². The van der Waals surface area contributed by atoms with E-state index in [1.54, 1.807) is 19.2 Å². The van der Waals surface area contributed by atoms with Gasteiger partial charge in [0.25, 0.3) is 0 Å². The van der Waals surface area contributed by atoms with E-state index in [1.165, 1.54) is 57.9 Å². The smallest absolute Gasteiger partial charge is 0.243 e. The number of sulfonamides is 1. The van der Waals surface area contributed by atoms with Gasteiger partial charge in [-0.1, -0.05) is 0 Å². The number of rotatable bonds is 10. The maximum Gasteiger partial charge on any atom is 0.243 e. The van der Waals surface area contributed by atoms with Crippen LogP contribution in [0.15, 0.2) is 46.7 Å². The van der Waals surface area contributed by atoms with Crippen molar-refractivity contribution in [3.05, 3.63) is 41.8 Å². The zero-order valence-corrected chi connectivity index (χ0v) is 21.0. The van der Waals surface area contributed by atoms with Gasteiger partial charge in [0, 0.05) is 31.1 Å². The van der Waals surface area contributed by atoms with Gasteiger partial charge in [-0.25, -0.2) is 13.4 Å². The third-order valence-electron chi connectivity index (χ3n) is 4.92. The molecule has 0 aliphatic carbocycles. The molecular formula is C22H26N4O6S2. The van der Waals surface area contributed by atoms with Crippen LogP contribution in [0.3, 0.4) is 0 Å². The molecule has 3 aromatic rings. The Hall–Kier alpha value is -3.35. The summed E-state index contributed by atoms with van der Waals surface area (Å²) in [4.78, 5) is 17.2. The van der Waals surface area contributed by atoms with Crippen molar-refractivity contribution in [1.29, 1.82) is 0 Å². The summed E-state index contributed by atoms with van der Waals surface area (Å²) in [6.45, 7) is -0.412. The normalized spacial score (nSPS) is 11.2. The monoisotopic (exact) mass is 506 g/mol. The van der Waals surface area contributed by atoms with Crippen LogP contribution in [0.25, 0.3) is 11.3 Å². The lowest BCUT2D eigenvalue weighted by Gasteiger charge is -2.18. The largest absolute Gasteiger partial charge is 0.495 e. The maximum atomic E-state index is 13.0. The minimum absolute atomic E-state index is 0.0242. The fourth-order valence-electron chi connectivity index (χ4n) is 3.12. The van der Waals surface area contributed by atoms with E-state index in [4.69, 9.17) is 14.2 Å². The predicted octanol–water partition coefficient (Wildman–Crippen LogP) is 3.14. The third kappa shape index (κ3) is 5.41. The lowest BCUT2D eigenvalue weighted by Crippen LogP contribution is -2.35. The third-order valence-corrected chi connectivity index (χ3v) is 7.58. The Kier molecular flexibility index (Phi) is 7.97. The second-order valence-corrected chi connectivity index (χ2v) is 9.93. The Morgan fingerprint density at radius 3 is 2.32 bits per heavy atom. The molecule has 0 aliphatic heterocycles. The lowest BCUT2D eigenvalue weighted by atomic mass is 10.1. The van der Waals surface area contributed by atoms with E-state index in [-0.39, 0.29) is 10.6 Å². The van der Waals surface area contributed by atoms with Crippen LogP contribution in [0.2, 0.25) is 0 Å². The first-order valence-corrected chi connectivity index (χ1v) is 12.3. The molecule has 0 fully saturated rings. The first-order valence-electron chi connectivity index (χ1n) is 10.0. The van der Waals surface area contributed by atoms with Crippen molar-refractivity contribution >= 4 is 38.1 Å². The number of benzene rings is 2. The van der Waals surface area contributed by atoms with E-state index in [0.717, 1.165) is 20.7 Å². The zero-order valence-electron chi connectivity index (χ0n) is 19.4. The number of thiazole rings is 1. The van der Waals surface area contributed by atoms with Gasteiger partial charge >= 0.3 is 0 Å². The van der Waals surface area contributed by atoms with Gasteiger partial charge in [0.15, 0.2) is 16.6 Å². The zero-order chi connectivity index (χ0) is 24.9. The number of amides is 1. The Bertz CT molecular complexity index is 1280.